The zero-order valence-electron chi connectivity index (χ0n) is 12.2. The van der Waals surface area contributed by atoms with E-state index in [9.17, 15) is 5.11 Å². The van der Waals surface area contributed by atoms with Crippen molar-refractivity contribution >= 4 is 11.5 Å². The molecule has 2 heterocycles. The zero-order valence-corrected chi connectivity index (χ0v) is 13.0. The van der Waals surface area contributed by atoms with E-state index in [2.05, 4.69) is 28.6 Å². The van der Waals surface area contributed by atoms with Crippen LogP contribution in [0.1, 0.15) is 47.6 Å². The van der Waals surface area contributed by atoms with Crippen LogP contribution in [0.5, 0.6) is 5.75 Å². The van der Waals surface area contributed by atoms with Gasteiger partial charge in [-0.25, -0.2) is 0 Å². The van der Waals surface area contributed by atoms with Gasteiger partial charge in [0.25, 0.3) is 0 Å². The highest BCUT2D eigenvalue weighted by atomic mass is 32.1. The van der Waals surface area contributed by atoms with Crippen LogP contribution in [0.15, 0.2) is 18.2 Å². The second kappa shape index (κ2) is 6.54. The normalized spacial score (nSPS) is 14.8. The van der Waals surface area contributed by atoms with Gasteiger partial charge in [-0.15, -0.1) is 5.10 Å². The summed E-state index contributed by atoms with van der Waals surface area (Å²) in [5, 5.41) is 14.5. The maximum atomic E-state index is 10.4. The number of hydrogen-bond acceptors (Lipinski definition) is 5. The van der Waals surface area contributed by atoms with Gasteiger partial charge in [0, 0.05) is 6.42 Å². The number of hydrogen-bond donors (Lipinski definition) is 1. The Bertz CT molecular complexity index is 612. The van der Waals surface area contributed by atoms with Crippen molar-refractivity contribution in [2.45, 2.75) is 45.1 Å². The molecule has 1 N–H and O–H groups in total. The van der Waals surface area contributed by atoms with Gasteiger partial charge in [0.1, 0.15) is 5.75 Å². The van der Waals surface area contributed by atoms with E-state index in [1.54, 1.807) is 0 Å². The van der Waals surface area contributed by atoms with Crippen molar-refractivity contribution in [3.8, 4) is 5.75 Å². The predicted octanol–water partition coefficient (Wildman–Crippen LogP) is 3.09. The van der Waals surface area contributed by atoms with Crippen molar-refractivity contribution in [1.82, 2.24) is 9.59 Å². The van der Waals surface area contributed by atoms with Crippen LogP contribution in [0.4, 0.5) is 0 Å². The summed E-state index contributed by atoms with van der Waals surface area (Å²) in [6.45, 7) is 2.90. The highest BCUT2D eigenvalue weighted by molar-refractivity contribution is 7.05. The van der Waals surface area contributed by atoms with E-state index in [-0.39, 0.29) is 0 Å². The quantitative estimate of drug-likeness (QED) is 0.891. The lowest BCUT2D eigenvalue weighted by atomic mass is 10.0. The number of aliphatic hydroxyl groups excluding tert-OH is 1. The smallest absolute Gasteiger partial charge is 0.122 e. The molecule has 1 aliphatic heterocycles. The van der Waals surface area contributed by atoms with E-state index in [4.69, 9.17) is 4.74 Å². The highest BCUT2D eigenvalue weighted by Crippen LogP contribution is 2.29. The maximum absolute atomic E-state index is 10.4. The minimum Gasteiger partial charge on any atom is -0.493 e. The summed E-state index contributed by atoms with van der Waals surface area (Å²) in [4.78, 5) is 0.932. The molecular weight excluding hydrogens is 284 g/mol. The number of fused-ring (bicyclic) bond motifs is 1. The van der Waals surface area contributed by atoms with Crippen LogP contribution in [0.2, 0.25) is 0 Å². The molecule has 112 valence electrons. The Labute approximate surface area is 128 Å². The van der Waals surface area contributed by atoms with Gasteiger partial charge in [0.2, 0.25) is 0 Å². The summed E-state index contributed by atoms with van der Waals surface area (Å²) < 4.78 is 9.50. The molecule has 0 saturated heterocycles. The van der Waals surface area contributed by atoms with Gasteiger partial charge < -0.3 is 9.84 Å². The molecule has 1 unspecified atom stereocenters. The topological polar surface area (TPSA) is 55.2 Å². The van der Waals surface area contributed by atoms with Crippen molar-refractivity contribution in [3.05, 3.63) is 39.9 Å². The summed E-state index contributed by atoms with van der Waals surface area (Å²) in [5.74, 6) is 1.01. The Balaban J connectivity index is 1.63. The fraction of sp³-hybridized carbons (Fsp3) is 0.500. The Hall–Kier alpha value is -1.46. The summed E-state index contributed by atoms with van der Waals surface area (Å²) in [7, 11) is 0. The molecule has 5 heteroatoms. The van der Waals surface area contributed by atoms with Crippen LogP contribution in [0.3, 0.4) is 0 Å². The molecule has 0 saturated carbocycles. The van der Waals surface area contributed by atoms with E-state index in [0.29, 0.717) is 6.42 Å². The highest BCUT2D eigenvalue weighted by Gasteiger charge is 2.17. The lowest BCUT2D eigenvalue weighted by molar-refractivity contribution is 0.170. The van der Waals surface area contributed by atoms with Gasteiger partial charge in [-0.05, 0) is 48.0 Å². The van der Waals surface area contributed by atoms with Crippen molar-refractivity contribution in [2.75, 3.05) is 6.61 Å². The number of rotatable bonds is 6. The standard InChI is InChI=1S/C16H20N2O2S/c1-2-3-13-16(21-18-17-13)14(19)6-4-11-5-7-15-12(10-11)8-9-20-15/h5,7,10,14,19H,2-4,6,8-9H2,1H3. The molecule has 0 radical (unpaired) electrons. The molecule has 2 aromatic rings. The van der Waals surface area contributed by atoms with Gasteiger partial charge in [-0.3, -0.25) is 0 Å². The molecule has 0 amide bonds. The van der Waals surface area contributed by atoms with Crippen molar-refractivity contribution in [1.29, 1.82) is 0 Å². The number of aryl methyl sites for hydroxylation is 2. The Kier molecular flexibility index (Phi) is 4.51. The Morgan fingerprint density at radius 2 is 2.29 bits per heavy atom. The van der Waals surface area contributed by atoms with Crippen LogP contribution in [0, 0.1) is 0 Å². The molecule has 1 aliphatic rings. The number of aromatic nitrogens is 2. The van der Waals surface area contributed by atoms with Crippen LogP contribution in [-0.4, -0.2) is 21.3 Å². The van der Waals surface area contributed by atoms with E-state index in [0.717, 1.165) is 48.6 Å². The molecule has 1 aromatic carbocycles. The molecule has 4 nitrogen and oxygen atoms in total. The average molecular weight is 304 g/mol. The lowest BCUT2D eigenvalue weighted by Crippen LogP contribution is -2.01. The number of aliphatic hydroxyl groups is 1. The molecular formula is C16H20N2O2S. The van der Waals surface area contributed by atoms with Crippen molar-refractivity contribution in [3.63, 3.8) is 0 Å². The summed E-state index contributed by atoms with van der Waals surface area (Å²) >= 11 is 1.32. The number of nitrogens with zero attached hydrogens (tertiary/aromatic N) is 2. The largest absolute Gasteiger partial charge is 0.493 e. The third-order valence-electron chi connectivity index (χ3n) is 3.83. The fourth-order valence-electron chi connectivity index (χ4n) is 2.71. The minimum atomic E-state index is -0.462. The molecule has 0 fully saturated rings. The molecule has 0 bridgehead atoms. The Morgan fingerprint density at radius 1 is 1.38 bits per heavy atom. The summed E-state index contributed by atoms with van der Waals surface area (Å²) in [5.41, 5.74) is 3.50. The molecule has 3 rings (SSSR count). The van der Waals surface area contributed by atoms with Gasteiger partial charge >= 0.3 is 0 Å². The van der Waals surface area contributed by atoms with E-state index < -0.39 is 6.10 Å². The first-order valence-electron chi connectivity index (χ1n) is 7.51. The van der Waals surface area contributed by atoms with Crippen LogP contribution in [-0.2, 0) is 19.3 Å². The summed E-state index contributed by atoms with van der Waals surface area (Å²) in [6.07, 6.45) is 4.01. The summed E-state index contributed by atoms with van der Waals surface area (Å²) in [6, 6.07) is 6.34. The Morgan fingerprint density at radius 3 is 3.14 bits per heavy atom. The first-order chi connectivity index (χ1) is 10.3. The first-order valence-corrected chi connectivity index (χ1v) is 8.29. The van der Waals surface area contributed by atoms with E-state index in [1.165, 1.54) is 22.7 Å². The minimum absolute atomic E-state index is 0.462. The van der Waals surface area contributed by atoms with E-state index in [1.807, 2.05) is 6.07 Å². The zero-order chi connectivity index (χ0) is 14.7. The van der Waals surface area contributed by atoms with Crippen LogP contribution < -0.4 is 4.74 Å². The monoisotopic (exact) mass is 304 g/mol. The van der Waals surface area contributed by atoms with Crippen LogP contribution in [0.25, 0.3) is 0 Å². The van der Waals surface area contributed by atoms with Crippen LogP contribution >= 0.6 is 11.5 Å². The van der Waals surface area contributed by atoms with Gasteiger partial charge in [-0.1, -0.05) is 30.0 Å². The van der Waals surface area contributed by atoms with Crippen molar-refractivity contribution < 1.29 is 9.84 Å². The fourth-order valence-corrected chi connectivity index (χ4v) is 3.42. The number of ether oxygens (including phenoxy) is 1. The second-order valence-corrected chi connectivity index (χ2v) is 6.21. The van der Waals surface area contributed by atoms with E-state index >= 15 is 0 Å². The van der Waals surface area contributed by atoms with Gasteiger partial charge in [0.15, 0.2) is 0 Å². The molecule has 0 spiro atoms. The number of benzene rings is 1. The lowest BCUT2D eigenvalue weighted by Gasteiger charge is -2.10. The SMILES string of the molecule is CCCc1nnsc1C(O)CCc1ccc2c(c1)CCO2. The molecule has 1 aromatic heterocycles. The third kappa shape index (κ3) is 3.24. The molecule has 0 aliphatic carbocycles. The predicted molar refractivity (Wildman–Crippen MR) is 82.8 cm³/mol. The van der Waals surface area contributed by atoms with Crippen molar-refractivity contribution in [2.24, 2.45) is 0 Å². The van der Waals surface area contributed by atoms with Gasteiger partial charge in [-0.2, -0.15) is 0 Å². The van der Waals surface area contributed by atoms with Gasteiger partial charge in [0.05, 0.1) is 23.3 Å². The first kappa shape index (κ1) is 14.5. The third-order valence-corrected chi connectivity index (χ3v) is 4.70. The maximum Gasteiger partial charge on any atom is 0.122 e. The molecule has 21 heavy (non-hydrogen) atoms. The second-order valence-electron chi connectivity index (χ2n) is 5.43. The molecule has 1 atom stereocenters. The average Bonchev–Trinajstić information content (AvgIpc) is 3.13.